The number of rotatable bonds is 17. The average molecular weight is 596 g/mol. The summed E-state index contributed by atoms with van der Waals surface area (Å²) in [6.07, 6.45) is -7.98. The van der Waals surface area contributed by atoms with Gasteiger partial charge in [-0.1, -0.05) is 0 Å². The molecule has 0 aliphatic heterocycles. The maximum Gasteiger partial charge on any atom is 1.00 e. The number of nitrogens with zero attached hydrogens (tertiary/aromatic N) is 2. The summed E-state index contributed by atoms with van der Waals surface area (Å²) in [5.74, 6) is -10.7. The molecule has 0 aliphatic rings. The summed E-state index contributed by atoms with van der Waals surface area (Å²) in [7, 11) is 0. The second-order valence-electron chi connectivity index (χ2n) is 6.88. The SMILES string of the molecule is O=C([O-])CN(CC(=O)[O-])CC(N(CC(=O)[O-])CC(=O)[O-])[C@](O)(C(=O)[O-])[C@@H](O)[C@H](O)[C@H](O)CO.[Na+].[Na+].[Na+].[Na+].[Na+]. The summed E-state index contributed by atoms with van der Waals surface area (Å²) in [5, 5.41) is 105. The summed E-state index contributed by atoms with van der Waals surface area (Å²) in [5.41, 5.74) is -3.91. The fourth-order valence-electron chi connectivity index (χ4n) is 2.97. The summed E-state index contributed by atoms with van der Waals surface area (Å²) in [4.78, 5) is 56.2. The summed E-state index contributed by atoms with van der Waals surface area (Å²) in [6.45, 7) is -8.18. The molecule has 0 saturated carbocycles. The van der Waals surface area contributed by atoms with E-state index in [9.17, 15) is 69.9 Å². The van der Waals surface area contributed by atoms with Crippen molar-refractivity contribution >= 4 is 29.8 Å². The second-order valence-corrected chi connectivity index (χ2v) is 6.88. The summed E-state index contributed by atoms with van der Waals surface area (Å²) in [6, 6.07) is -2.56. The second kappa shape index (κ2) is 25.6. The van der Waals surface area contributed by atoms with Gasteiger partial charge in [-0.25, -0.2) is 0 Å². The molecule has 0 amide bonds. The van der Waals surface area contributed by atoms with Crippen LogP contribution in [-0.2, 0) is 24.0 Å². The van der Waals surface area contributed by atoms with Gasteiger partial charge in [0.25, 0.3) is 0 Å². The third-order valence-electron chi connectivity index (χ3n) is 4.43. The van der Waals surface area contributed by atoms with Gasteiger partial charge in [0, 0.05) is 32.7 Å². The summed E-state index contributed by atoms with van der Waals surface area (Å²) < 4.78 is 0. The maximum atomic E-state index is 11.8. The molecule has 0 saturated heterocycles. The van der Waals surface area contributed by atoms with Gasteiger partial charge in [0.15, 0.2) is 0 Å². The molecular formula is C16H21N2Na5O15. The van der Waals surface area contributed by atoms with Crippen LogP contribution in [0, 0.1) is 0 Å². The molecular weight excluding hydrogens is 575 g/mol. The van der Waals surface area contributed by atoms with E-state index < -0.39 is 99.1 Å². The van der Waals surface area contributed by atoms with Crippen LogP contribution in [0.4, 0.5) is 0 Å². The smallest absolute Gasteiger partial charge is 0.549 e. The molecule has 5 N–H and O–H groups in total. The fourth-order valence-corrected chi connectivity index (χ4v) is 2.97. The van der Waals surface area contributed by atoms with E-state index in [1.54, 1.807) is 0 Å². The molecule has 0 spiro atoms. The van der Waals surface area contributed by atoms with Crippen LogP contribution in [-0.4, -0.2) is 134 Å². The van der Waals surface area contributed by atoms with Gasteiger partial charge in [-0.2, -0.15) is 0 Å². The number of carbonyl (C=O) groups is 5. The van der Waals surface area contributed by atoms with Crippen LogP contribution in [0.15, 0.2) is 0 Å². The largest absolute Gasteiger partial charge is 1.00 e. The molecule has 0 rings (SSSR count). The van der Waals surface area contributed by atoms with Crippen LogP contribution in [0.1, 0.15) is 0 Å². The van der Waals surface area contributed by atoms with E-state index in [0.29, 0.717) is 4.90 Å². The van der Waals surface area contributed by atoms with Crippen molar-refractivity contribution in [3.05, 3.63) is 0 Å². The van der Waals surface area contributed by atoms with Crippen molar-refractivity contribution in [2.24, 2.45) is 0 Å². The Labute approximate surface area is 327 Å². The van der Waals surface area contributed by atoms with Crippen LogP contribution < -0.4 is 173 Å². The Hall–Kier alpha value is 2.07. The van der Waals surface area contributed by atoms with Gasteiger partial charge >= 0.3 is 148 Å². The standard InChI is InChI=1S/C16H26N2O15.5Na/c19-6-7(20)13(29)14(30)16(33,15(31)32)8(18(4-11(25)26)5-12(27)28)1-17(2-9(21)22)3-10(23)24;;;;;/h7-8,13-14,19-20,29-30,33H,1-6H2,(H,21,22)(H,23,24)(H,25,26)(H,27,28)(H,31,32);;;;;/q;5*+1/p-5/t7-,8?,13-,14+,16-;;;;;/m1...../s1. The zero-order valence-electron chi connectivity index (χ0n) is 21.8. The van der Waals surface area contributed by atoms with Crippen molar-refractivity contribution in [2.45, 2.75) is 30.0 Å². The topological polar surface area (TPSA) is 308 Å². The van der Waals surface area contributed by atoms with Gasteiger partial charge in [0.05, 0.1) is 42.5 Å². The molecule has 38 heavy (non-hydrogen) atoms. The van der Waals surface area contributed by atoms with Crippen molar-refractivity contribution < 1.29 is 223 Å². The van der Waals surface area contributed by atoms with Crippen LogP contribution in [0.2, 0.25) is 0 Å². The van der Waals surface area contributed by atoms with Crippen molar-refractivity contribution in [1.29, 1.82) is 0 Å². The number of aliphatic hydroxyl groups excluding tert-OH is 4. The molecule has 1 unspecified atom stereocenters. The van der Waals surface area contributed by atoms with Gasteiger partial charge in [-0.15, -0.1) is 0 Å². The van der Waals surface area contributed by atoms with Crippen molar-refractivity contribution in [2.75, 3.05) is 39.3 Å². The van der Waals surface area contributed by atoms with E-state index in [1.165, 1.54) is 0 Å². The van der Waals surface area contributed by atoms with Crippen molar-refractivity contribution in [3.63, 3.8) is 0 Å². The minimum atomic E-state index is -3.91. The molecule has 17 nitrogen and oxygen atoms in total. The summed E-state index contributed by atoms with van der Waals surface area (Å²) >= 11 is 0. The molecule has 0 aliphatic carbocycles. The molecule has 0 heterocycles. The molecule has 0 radical (unpaired) electrons. The third kappa shape index (κ3) is 17.9. The maximum absolute atomic E-state index is 11.8. The Morgan fingerprint density at radius 1 is 0.684 bits per heavy atom. The molecule has 5 atom stereocenters. The quantitative estimate of drug-likeness (QED) is 0.0973. The van der Waals surface area contributed by atoms with Crippen molar-refractivity contribution in [3.8, 4) is 0 Å². The average Bonchev–Trinajstić information content (AvgIpc) is 2.67. The van der Waals surface area contributed by atoms with E-state index in [1.807, 2.05) is 0 Å². The van der Waals surface area contributed by atoms with Crippen molar-refractivity contribution in [1.82, 2.24) is 9.80 Å². The van der Waals surface area contributed by atoms with Crippen LogP contribution in [0.25, 0.3) is 0 Å². The predicted octanol–water partition coefficient (Wildman–Crippen LogP) is -27.5. The van der Waals surface area contributed by atoms with Crippen LogP contribution in [0.3, 0.4) is 0 Å². The van der Waals surface area contributed by atoms with Gasteiger partial charge in [-0.3, -0.25) is 9.80 Å². The predicted molar refractivity (Wildman–Crippen MR) is 86.9 cm³/mol. The van der Waals surface area contributed by atoms with E-state index in [0.717, 1.165) is 0 Å². The first-order chi connectivity index (χ1) is 15.1. The number of aliphatic carboxylic acids is 5. The Bertz CT molecular complexity index is 720. The molecule has 0 fully saturated rings. The first-order valence-electron chi connectivity index (χ1n) is 8.92. The van der Waals surface area contributed by atoms with E-state index in [2.05, 4.69) is 0 Å². The number of aliphatic hydroxyl groups is 5. The first-order valence-corrected chi connectivity index (χ1v) is 8.92. The number of hydrogen-bond donors (Lipinski definition) is 5. The minimum Gasteiger partial charge on any atom is -0.549 e. The number of hydrogen-bond acceptors (Lipinski definition) is 17. The zero-order valence-corrected chi connectivity index (χ0v) is 31.8. The minimum absolute atomic E-state index is 0. The van der Waals surface area contributed by atoms with E-state index in [4.69, 9.17) is 5.11 Å². The molecule has 0 aromatic rings. The number of carboxylic acid groups (broad SMARTS) is 5. The molecule has 0 aromatic heterocycles. The zero-order chi connectivity index (χ0) is 26.1. The van der Waals surface area contributed by atoms with Gasteiger partial charge in [0.2, 0.25) is 0 Å². The monoisotopic (exact) mass is 596 g/mol. The van der Waals surface area contributed by atoms with Gasteiger partial charge < -0.3 is 75.0 Å². The molecule has 190 valence electrons. The fraction of sp³-hybridized carbons (Fsp3) is 0.688. The molecule has 0 bridgehead atoms. The first kappa shape index (κ1) is 52.7. The Morgan fingerprint density at radius 2 is 1.03 bits per heavy atom. The Morgan fingerprint density at radius 3 is 1.29 bits per heavy atom. The molecule has 0 aromatic carbocycles. The normalized spacial score (nSPS) is 14.8. The third-order valence-corrected chi connectivity index (χ3v) is 4.43. The Balaban J connectivity index is -0.000000512. The van der Waals surface area contributed by atoms with E-state index in [-0.39, 0.29) is 153 Å². The molecule has 22 heteroatoms. The Kier molecular flexibility index (Phi) is 35.4. The van der Waals surface area contributed by atoms with Gasteiger partial charge in [-0.05, 0) is 0 Å². The van der Waals surface area contributed by atoms with Gasteiger partial charge in [0.1, 0.15) is 23.9 Å². The van der Waals surface area contributed by atoms with Crippen LogP contribution in [0.5, 0.6) is 0 Å². The number of carbonyl (C=O) groups excluding carboxylic acids is 5. The van der Waals surface area contributed by atoms with E-state index >= 15 is 0 Å². The number of carboxylic acids is 5. The van der Waals surface area contributed by atoms with Crippen LogP contribution >= 0.6 is 0 Å².